The molecule has 0 fully saturated rings. The molecule has 0 aliphatic heterocycles. The highest BCUT2D eigenvalue weighted by atomic mass is 32.2. The van der Waals surface area contributed by atoms with Gasteiger partial charge in [0.15, 0.2) is 14.5 Å². The van der Waals surface area contributed by atoms with Crippen molar-refractivity contribution in [3.05, 3.63) is 23.3 Å². The highest BCUT2D eigenvalue weighted by molar-refractivity contribution is 8.03. The van der Waals surface area contributed by atoms with Crippen LogP contribution in [0.25, 0.3) is 0 Å². The van der Waals surface area contributed by atoms with Gasteiger partial charge in [-0.1, -0.05) is 48.2 Å². The van der Waals surface area contributed by atoms with E-state index in [2.05, 4.69) is 10.2 Å². The molecule has 0 radical (unpaired) electrons. The van der Waals surface area contributed by atoms with Gasteiger partial charge in [0.1, 0.15) is 11.5 Å². The Morgan fingerprint density at radius 2 is 1.80 bits per heavy atom. The van der Waals surface area contributed by atoms with E-state index in [1.807, 2.05) is 6.92 Å². The Morgan fingerprint density at radius 1 is 1.13 bits per heavy atom. The number of carbonyl (C=O) groups excluding carboxylic acids is 1. The predicted molar refractivity (Wildman–Crippen MR) is 120 cm³/mol. The van der Waals surface area contributed by atoms with E-state index in [0.717, 1.165) is 33.0 Å². The monoisotopic (exact) mass is 470 g/mol. The number of carboxylic acids is 1. The number of aromatic nitrogens is 2. The number of nitrogens with zero attached hydrogens (tertiary/aromatic N) is 2. The first-order valence-electron chi connectivity index (χ1n) is 9.71. The Balaban J connectivity index is 1.76. The summed E-state index contributed by atoms with van der Waals surface area (Å²) in [6.45, 7) is 3.95. The van der Waals surface area contributed by atoms with Crippen molar-refractivity contribution in [3.63, 3.8) is 0 Å². The lowest BCUT2D eigenvalue weighted by atomic mass is 10.0. The molecule has 1 heterocycles. The molecular formula is C20H26N2O5S3. The van der Waals surface area contributed by atoms with E-state index in [1.54, 1.807) is 23.9 Å². The number of aromatic hydroxyl groups is 1. The molecule has 30 heavy (non-hydrogen) atoms. The van der Waals surface area contributed by atoms with Crippen LogP contribution in [0, 0.1) is 0 Å². The second kappa shape index (κ2) is 12.8. The second-order valence-electron chi connectivity index (χ2n) is 6.47. The summed E-state index contributed by atoms with van der Waals surface area (Å²) in [6.07, 6.45) is 3.07. The predicted octanol–water partition coefficient (Wildman–Crippen LogP) is 4.92. The van der Waals surface area contributed by atoms with Crippen molar-refractivity contribution in [1.82, 2.24) is 10.2 Å². The Labute approximate surface area is 188 Å². The number of ketones is 1. The smallest absolute Gasteiger partial charge is 0.303 e. The van der Waals surface area contributed by atoms with Crippen molar-refractivity contribution in [1.29, 1.82) is 0 Å². The van der Waals surface area contributed by atoms with Gasteiger partial charge >= 0.3 is 5.97 Å². The number of carboxylic acid groups (broad SMARTS) is 1. The quantitative estimate of drug-likeness (QED) is 0.226. The number of hydrogen-bond acceptors (Lipinski definition) is 9. The molecule has 2 N–H and O–H groups in total. The maximum absolute atomic E-state index is 11.6. The van der Waals surface area contributed by atoms with Crippen molar-refractivity contribution in [3.8, 4) is 11.5 Å². The van der Waals surface area contributed by atoms with Crippen LogP contribution in [0.1, 0.15) is 55.5 Å². The van der Waals surface area contributed by atoms with Gasteiger partial charge in [-0.05, 0) is 38.3 Å². The van der Waals surface area contributed by atoms with Crippen molar-refractivity contribution in [2.45, 2.75) is 54.6 Å². The van der Waals surface area contributed by atoms with E-state index < -0.39 is 5.97 Å². The summed E-state index contributed by atoms with van der Waals surface area (Å²) >= 11 is 4.65. The summed E-state index contributed by atoms with van der Waals surface area (Å²) in [7, 11) is 0. The number of phenols is 1. The number of rotatable bonds is 14. The highest BCUT2D eigenvalue weighted by Crippen LogP contribution is 2.33. The van der Waals surface area contributed by atoms with Crippen LogP contribution < -0.4 is 4.74 Å². The van der Waals surface area contributed by atoms with Gasteiger partial charge in [0.05, 0.1) is 12.2 Å². The minimum Gasteiger partial charge on any atom is -0.507 e. The fourth-order valence-electron chi connectivity index (χ4n) is 2.63. The largest absolute Gasteiger partial charge is 0.507 e. The first kappa shape index (κ1) is 24.5. The van der Waals surface area contributed by atoms with Gasteiger partial charge in [0, 0.05) is 23.5 Å². The number of hydrogen-bond donors (Lipinski definition) is 2. The van der Waals surface area contributed by atoms with Crippen molar-refractivity contribution in [2.75, 3.05) is 18.1 Å². The van der Waals surface area contributed by atoms with Crippen LogP contribution in [0.2, 0.25) is 0 Å². The van der Waals surface area contributed by atoms with Crippen LogP contribution in [-0.2, 0) is 11.2 Å². The van der Waals surface area contributed by atoms with E-state index in [4.69, 9.17) is 9.84 Å². The van der Waals surface area contributed by atoms with Crippen LogP contribution >= 0.6 is 34.9 Å². The molecule has 2 rings (SSSR count). The van der Waals surface area contributed by atoms with E-state index >= 15 is 0 Å². The number of Topliss-reactive ketones (excluding diaryl/α,β-unsaturated/α-hetero) is 1. The van der Waals surface area contributed by atoms with Crippen LogP contribution in [0.15, 0.2) is 20.8 Å². The maximum atomic E-state index is 11.6. The summed E-state index contributed by atoms with van der Waals surface area (Å²) in [5.74, 6) is 1.24. The average molecular weight is 471 g/mol. The molecule has 2 aromatic rings. The first-order valence-corrected chi connectivity index (χ1v) is 12.5. The Morgan fingerprint density at radius 3 is 2.40 bits per heavy atom. The molecule has 1 aromatic heterocycles. The number of aliphatic carboxylic acids is 1. The molecule has 0 unspecified atom stereocenters. The van der Waals surface area contributed by atoms with Gasteiger partial charge in [-0.25, -0.2) is 0 Å². The summed E-state index contributed by atoms with van der Waals surface area (Å²) < 4.78 is 7.60. The Kier molecular flexibility index (Phi) is 10.5. The Hall–Kier alpha value is -1.78. The zero-order valence-electron chi connectivity index (χ0n) is 17.0. The summed E-state index contributed by atoms with van der Waals surface area (Å²) in [5, 5.41) is 27.3. The molecule has 10 heteroatoms. The van der Waals surface area contributed by atoms with Gasteiger partial charge < -0.3 is 14.9 Å². The molecule has 164 valence electrons. The summed E-state index contributed by atoms with van der Waals surface area (Å²) in [5.41, 5.74) is 1.01. The minimum absolute atomic E-state index is 0.0264. The van der Waals surface area contributed by atoms with E-state index in [1.165, 1.54) is 30.0 Å². The third kappa shape index (κ3) is 7.81. The van der Waals surface area contributed by atoms with Gasteiger partial charge in [-0.2, -0.15) is 0 Å². The zero-order valence-corrected chi connectivity index (χ0v) is 19.5. The molecule has 7 nitrogen and oxygen atoms in total. The minimum atomic E-state index is -0.779. The lowest BCUT2D eigenvalue weighted by Gasteiger charge is -2.14. The van der Waals surface area contributed by atoms with E-state index in [9.17, 15) is 14.7 Å². The van der Waals surface area contributed by atoms with Crippen molar-refractivity contribution < 1.29 is 24.5 Å². The molecule has 0 bridgehead atoms. The van der Waals surface area contributed by atoms with Gasteiger partial charge in [0.25, 0.3) is 0 Å². The maximum Gasteiger partial charge on any atom is 0.303 e. The number of benzene rings is 1. The lowest BCUT2D eigenvalue weighted by molar-refractivity contribution is -0.137. The van der Waals surface area contributed by atoms with E-state index in [0.29, 0.717) is 36.3 Å². The second-order valence-corrected chi connectivity index (χ2v) is 10.1. The third-order valence-corrected chi connectivity index (χ3v) is 7.40. The fourth-order valence-corrected chi connectivity index (χ4v) is 5.64. The molecule has 1 aromatic carbocycles. The normalized spacial score (nSPS) is 10.9. The van der Waals surface area contributed by atoms with Crippen LogP contribution in [0.4, 0.5) is 0 Å². The number of carbonyl (C=O) groups is 2. The SMILES string of the molecule is CCCc1c(OCCCSc2nnc(SCCCC(=O)O)s2)ccc(C(C)=O)c1O. The van der Waals surface area contributed by atoms with E-state index in [-0.39, 0.29) is 18.0 Å². The first-order chi connectivity index (χ1) is 14.4. The zero-order chi connectivity index (χ0) is 21.9. The number of thioether (sulfide) groups is 2. The van der Waals surface area contributed by atoms with Crippen molar-refractivity contribution >= 4 is 46.6 Å². The topological polar surface area (TPSA) is 110 Å². The molecule has 0 aliphatic rings. The summed E-state index contributed by atoms with van der Waals surface area (Å²) in [6, 6.07) is 3.37. The molecule has 0 aliphatic carbocycles. The van der Waals surface area contributed by atoms with Crippen molar-refractivity contribution in [2.24, 2.45) is 0 Å². The van der Waals surface area contributed by atoms with Gasteiger partial charge in [-0.3, -0.25) is 9.59 Å². The van der Waals surface area contributed by atoms with Crippen LogP contribution in [-0.4, -0.2) is 50.3 Å². The van der Waals surface area contributed by atoms with Crippen LogP contribution in [0.5, 0.6) is 11.5 Å². The molecule has 0 amide bonds. The molecular weight excluding hydrogens is 444 g/mol. The number of ether oxygens (including phenoxy) is 1. The third-order valence-electron chi connectivity index (χ3n) is 4.04. The van der Waals surface area contributed by atoms with Crippen LogP contribution in [0.3, 0.4) is 0 Å². The number of phenolic OH excluding ortho intramolecular Hbond substituents is 1. The molecule has 0 atom stereocenters. The van der Waals surface area contributed by atoms with Gasteiger partial charge in [-0.15, -0.1) is 10.2 Å². The molecule has 0 saturated heterocycles. The molecule has 0 spiro atoms. The fraction of sp³-hybridized carbons (Fsp3) is 0.500. The Bertz CT molecular complexity index is 857. The summed E-state index contributed by atoms with van der Waals surface area (Å²) in [4.78, 5) is 22.1. The molecule has 0 saturated carbocycles. The standard InChI is InChI=1S/C20H26N2O5S3/c1-3-6-15-16(9-8-14(13(2)23)18(15)26)27-10-5-12-29-20-22-21-19(30-20)28-11-4-7-17(24)25/h8-9,26H,3-7,10-12H2,1-2H3,(H,24,25). The highest BCUT2D eigenvalue weighted by Gasteiger charge is 2.16. The lowest BCUT2D eigenvalue weighted by Crippen LogP contribution is -2.04. The van der Waals surface area contributed by atoms with Gasteiger partial charge in [0.2, 0.25) is 0 Å². The average Bonchev–Trinajstić information content (AvgIpc) is 3.14.